The predicted octanol–water partition coefficient (Wildman–Crippen LogP) is 5.28. The molecule has 8 heteroatoms. The van der Waals surface area contributed by atoms with Crippen LogP contribution < -0.4 is 10.1 Å². The van der Waals surface area contributed by atoms with Crippen molar-refractivity contribution >= 4 is 28.1 Å². The second kappa shape index (κ2) is 8.41. The van der Waals surface area contributed by atoms with Gasteiger partial charge in [0.25, 0.3) is 0 Å². The number of ether oxygens (including phenoxy) is 2. The molecule has 0 aliphatic carbocycles. The van der Waals surface area contributed by atoms with E-state index in [1.54, 1.807) is 32.9 Å². The number of benzene rings is 1. The summed E-state index contributed by atoms with van der Waals surface area (Å²) in [7, 11) is 0. The molecular weight excluding hydrogens is 391 g/mol. The number of halogens is 4. The first-order valence-corrected chi connectivity index (χ1v) is 7.94. The second-order valence-electron chi connectivity index (χ2n) is 5.85. The van der Waals surface area contributed by atoms with Crippen molar-refractivity contribution in [3.8, 4) is 5.75 Å². The Hall–Kier alpha value is -1.70. The first-order chi connectivity index (χ1) is 11.0. The van der Waals surface area contributed by atoms with Crippen LogP contribution in [0.15, 0.2) is 28.7 Å². The molecule has 1 aromatic rings. The number of rotatable bonds is 5. The van der Waals surface area contributed by atoms with Gasteiger partial charge < -0.3 is 14.8 Å². The fourth-order valence-corrected chi connectivity index (χ4v) is 1.98. The Morgan fingerprint density at radius 1 is 1.29 bits per heavy atom. The van der Waals surface area contributed by atoms with E-state index in [1.807, 2.05) is 0 Å². The Labute approximate surface area is 147 Å². The Balaban J connectivity index is 2.57. The zero-order chi connectivity index (χ0) is 18.4. The molecule has 1 amide bonds. The third-order valence-corrected chi connectivity index (χ3v) is 2.97. The van der Waals surface area contributed by atoms with Crippen molar-refractivity contribution in [2.75, 3.05) is 6.54 Å². The summed E-state index contributed by atoms with van der Waals surface area (Å²) in [6.45, 7) is 5.56. The van der Waals surface area contributed by atoms with E-state index >= 15 is 0 Å². The van der Waals surface area contributed by atoms with Crippen molar-refractivity contribution in [2.24, 2.45) is 0 Å². The SMILES string of the molecule is CC(C)(C)OC(=O)NCCC=Cc1ccc(Br)cc1OC(F)(F)F. The molecule has 0 bridgehead atoms. The van der Waals surface area contributed by atoms with Crippen LogP contribution in [0, 0.1) is 0 Å². The highest BCUT2D eigenvalue weighted by atomic mass is 79.9. The summed E-state index contributed by atoms with van der Waals surface area (Å²) in [5.41, 5.74) is -0.297. The molecule has 1 aromatic carbocycles. The summed E-state index contributed by atoms with van der Waals surface area (Å²) >= 11 is 3.10. The average Bonchev–Trinajstić information content (AvgIpc) is 2.36. The summed E-state index contributed by atoms with van der Waals surface area (Å²) in [4.78, 5) is 11.4. The maximum Gasteiger partial charge on any atom is 0.573 e. The van der Waals surface area contributed by atoms with Crippen molar-refractivity contribution < 1.29 is 27.4 Å². The standard InChI is InChI=1S/C16H19BrF3NO3/c1-15(2,3)24-14(22)21-9-5-4-6-11-7-8-12(17)10-13(11)23-16(18,19)20/h4,6-8,10H,5,9H2,1-3H3,(H,21,22). The molecule has 1 N–H and O–H groups in total. The van der Waals surface area contributed by atoms with E-state index in [0.717, 1.165) is 0 Å². The number of hydrogen-bond acceptors (Lipinski definition) is 3. The van der Waals surface area contributed by atoms with Crippen molar-refractivity contribution in [3.63, 3.8) is 0 Å². The number of carbonyl (C=O) groups excluding carboxylic acids is 1. The highest BCUT2D eigenvalue weighted by Gasteiger charge is 2.31. The van der Waals surface area contributed by atoms with E-state index < -0.39 is 18.1 Å². The molecule has 1 rings (SSSR count). The summed E-state index contributed by atoms with van der Waals surface area (Å²) < 4.78 is 46.7. The van der Waals surface area contributed by atoms with E-state index in [1.165, 1.54) is 18.2 Å². The molecule has 134 valence electrons. The van der Waals surface area contributed by atoms with Crippen LogP contribution in [0.1, 0.15) is 32.8 Å². The molecule has 0 spiro atoms. The Kier molecular flexibility index (Phi) is 7.13. The molecule has 0 atom stereocenters. The zero-order valence-corrected chi connectivity index (χ0v) is 15.1. The zero-order valence-electron chi connectivity index (χ0n) is 13.5. The van der Waals surface area contributed by atoms with Gasteiger partial charge in [-0.25, -0.2) is 4.79 Å². The largest absolute Gasteiger partial charge is 0.573 e. The van der Waals surface area contributed by atoms with Gasteiger partial charge in [-0.2, -0.15) is 0 Å². The second-order valence-corrected chi connectivity index (χ2v) is 6.77. The van der Waals surface area contributed by atoms with Gasteiger partial charge in [-0.15, -0.1) is 13.2 Å². The number of nitrogens with one attached hydrogen (secondary N) is 1. The van der Waals surface area contributed by atoms with Gasteiger partial charge in [-0.1, -0.05) is 34.1 Å². The smallest absolute Gasteiger partial charge is 0.444 e. The van der Waals surface area contributed by atoms with Crippen LogP contribution in [0.5, 0.6) is 5.75 Å². The molecule has 0 fully saturated rings. The van der Waals surface area contributed by atoms with E-state index in [9.17, 15) is 18.0 Å². The van der Waals surface area contributed by atoms with Gasteiger partial charge >= 0.3 is 12.5 Å². The molecule has 24 heavy (non-hydrogen) atoms. The van der Waals surface area contributed by atoms with Crippen LogP contribution >= 0.6 is 15.9 Å². The van der Waals surface area contributed by atoms with E-state index in [4.69, 9.17) is 4.74 Å². The molecule has 0 aromatic heterocycles. The number of alkyl halides is 3. The minimum atomic E-state index is -4.76. The van der Waals surface area contributed by atoms with Crippen LogP contribution in [0.25, 0.3) is 6.08 Å². The fraction of sp³-hybridized carbons (Fsp3) is 0.438. The predicted molar refractivity (Wildman–Crippen MR) is 88.7 cm³/mol. The first kappa shape index (κ1) is 20.3. The monoisotopic (exact) mass is 409 g/mol. The van der Waals surface area contributed by atoms with Crippen LogP contribution in [-0.2, 0) is 4.74 Å². The Morgan fingerprint density at radius 2 is 1.96 bits per heavy atom. The van der Waals surface area contributed by atoms with Gasteiger partial charge in [-0.05, 0) is 39.3 Å². The molecule has 4 nitrogen and oxygen atoms in total. The number of hydrogen-bond donors (Lipinski definition) is 1. The van der Waals surface area contributed by atoms with Gasteiger partial charge in [0.2, 0.25) is 0 Å². The van der Waals surface area contributed by atoms with E-state index in [-0.39, 0.29) is 11.3 Å². The lowest BCUT2D eigenvalue weighted by Gasteiger charge is -2.19. The van der Waals surface area contributed by atoms with Gasteiger partial charge in [0.15, 0.2) is 0 Å². The normalized spacial score (nSPS) is 12.3. The number of alkyl carbamates (subject to hydrolysis) is 1. The van der Waals surface area contributed by atoms with E-state index in [2.05, 4.69) is 26.0 Å². The lowest BCUT2D eigenvalue weighted by atomic mass is 10.2. The first-order valence-electron chi connectivity index (χ1n) is 7.15. The molecule has 0 aliphatic heterocycles. The minimum absolute atomic E-state index is 0.285. The molecule has 0 aliphatic rings. The maximum atomic E-state index is 12.4. The highest BCUT2D eigenvalue weighted by molar-refractivity contribution is 9.10. The summed E-state index contributed by atoms with van der Waals surface area (Å²) in [5, 5.41) is 2.56. The molecule has 0 saturated carbocycles. The number of carbonyl (C=O) groups is 1. The van der Waals surface area contributed by atoms with Crippen LogP contribution in [0.4, 0.5) is 18.0 Å². The molecular formula is C16H19BrF3NO3. The molecule has 0 heterocycles. The van der Waals surface area contributed by atoms with Crippen molar-refractivity contribution in [1.29, 1.82) is 0 Å². The molecule has 0 saturated heterocycles. The maximum absolute atomic E-state index is 12.4. The van der Waals surface area contributed by atoms with Crippen molar-refractivity contribution in [1.82, 2.24) is 5.32 Å². The lowest BCUT2D eigenvalue weighted by molar-refractivity contribution is -0.274. The summed E-state index contributed by atoms with van der Waals surface area (Å²) in [6.07, 6.45) is -1.73. The van der Waals surface area contributed by atoms with Gasteiger partial charge in [0.05, 0.1) is 0 Å². The topological polar surface area (TPSA) is 47.6 Å². The third-order valence-electron chi connectivity index (χ3n) is 2.48. The summed E-state index contributed by atoms with van der Waals surface area (Å²) in [5.74, 6) is -0.298. The number of amides is 1. The Bertz CT molecular complexity index is 595. The summed E-state index contributed by atoms with van der Waals surface area (Å²) in [6, 6.07) is 4.36. The van der Waals surface area contributed by atoms with Gasteiger partial charge in [0, 0.05) is 16.6 Å². The Morgan fingerprint density at radius 3 is 2.54 bits per heavy atom. The quantitative estimate of drug-likeness (QED) is 0.673. The van der Waals surface area contributed by atoms with Crippen LogP contribution in [0.2, 0.25) is 0 Å². The van der Waals surface area contributed by atoms with Crippen LogP contribution in [0.3, 0.4) is 0 Å². The fourth-order valence-electron chi connectivity index (χ4n) is 1.64. The van der Waals surface area contributed by atoms with E-state index in [0.29, 0.717) is 17.4 Å². The highest BCUT2D eigenvalue weighted by Crippen LogP contribution is 2.30. The van der Waals surface area contributed by atoms with Gasteiger partial charge in [0.1, 0.15) is 11.4 Å². The average molecular weight is 410 g/mol. The third kappa shape index (κ3) is 8.81. The van der Waals surface area contributed by atoms with Gasteiger partial charge in [-0.3, -0.25) is 0 Å². The molecule has 0 radical (unpaired) electrons. The van der Waals surface area contributed by atoms with Crippen LogP contribution in [-0.4, -0.2) is 24.6 Å². The van der Waals surface area contributed by atoms with Crippen molar-refractivity contribution in [2.45, 2.75) is 39.2 Å². The minimum Gasteiger partial charge on any atom is -0.444 e. The molecule has 0 unspecified atom stereocenters. The van der Waals surface area contributed by atoms with Crippen molar-refractivity contribution in [3.05, 3.63) is 34.3 Å². The lowest BCUT2D eigenvalue weighted by Crippen LogP contribution is -2.32.